The van der Waals surface area contributed by atoms with E-state index >= 15 is 0 Å². The van der Waals surface area contributed by atoms with E-state index in [1.807, 2.05) is 0 Å². The molecule has 3 N–H and O–H groups in total. The first-order valence-electron chi connectivity index (χ1n) is 4.54. The number of aliphatic carboxylic acids is 1. The summed E-state index contributed by atoms with van der Waals surface area (Å²) in [6.45, 7) is 0. The van der Waals surface area contributed by atoms with Gasteiger partial charge in [0.15, 0.2) is 17.1 Å². The number of carbonyl (C=O) groups excluding carboxylic acids is 1. The topological polar surface area (TPSA) is 116 Å². The van der Waals surface area contributed by atoms with Crippen LogP contribution in [0.2, 0.25) is 0 Å². The highest BCUT2D eigenvalue weighted by Crippen LogP contribution is 2.33. The second-order valence-corrected chi connectivity index (χ2v) is 3.69. The molecule has 1 aliphatic carbocycles. The molecule has 0 fully saturated rings. The van der Waals surface area contributed by atoms with Gasteiger partial charge in [-0.1, -0.05) is 5.16 Å². The highest BCUT2D eigenvalue weighted by molar-refractivity contribution is 6.36. The molecule has 0 saturated heterocycles. The Hall–Kier alpha value is -1.73. The first kappa shape index (κ1) is 10.8. The lowest BCUT2D eigenvalue weighted by Gasteiger charge is -2.33. The van der Waals surface area contributed by atoms with E-state index < -0.39 is 29.6 Å². The molecule has 0 saturated carbocycles. The fourth-order valence-corrected chi connectivity index (χ4v) is 1.67. The lowest BCUT2D eigenvalue weighted by molar-refractivity contribution is -0.149. The standard InChI is InChI=1S/C9H9NO6/c11-5-1-2-9(7(13)6(5)12)3-4(8(14)15)10-16-9/h1-2,6-7,12-13H,3H2,(H,14,15)/t6-,7-,9+/m0/s1. The number of hydrogen-bond acceptors (Lipinski definition) is 6. The summed E-state index contributed by atoms with van der Waals surface area (Å²) in [5.74, 6) is -1.91. The minimum Gasteiger partial charge on any atom is -0.477 e. The van der Waals surface area contributed by atoms with Crippen molar-refractivity contribution in [2.75, 3.05) is 0 Å². The SMILES string of the molecule is O=C(O)C1=NO[C@]2(C=CC(=O)[C@H](O)[C@@H]2O)C1. The van der Waals surface area contributed by atoms with Crippen LogP contribution in [0, 0.1) is 0 Å². The number of ketones is 1. The van der Waals surface area contributed by atoms with Crippen LogP contribution in [0.3, 0.4) is 0 Å². The lowest BCUT2D eigenvalue weighted by atomic mass is 9.82. The van der Waals surface area contributed by atoms with E-state index in [1.165, 1.54) is 6.08 Å². The summed E-state index contributed by atoms with van der Waals surface area (Å²) < 4.78 is 0. The molecule has 1 heterocycles. The summed E-state index contributed by atoms with van der Waals surface area (Å²) >= 11 is 0. The third kappa shape index (κ3) is 1.41. The largest absolute Gasteiger partial charge is 0.477 e. The van der Waals surface area contributed by atoms with E-state index in [2.05, 4.69) is 5.16 Å². The van der Waals surface area contributed by atoms with Crippen molar-refractivity contribution in [2.45, 2.75) is 24.2 Å². The zero-order chi connectivity index (χ0) is 11.9. The monoisotopic (exact) mass is 227 g/mol. The van der Waals surface area contributed by atoms with E-state index in [0.29, 0.717) is 0 Å². The molecule has 0 aromatic heterocycles. The van der Waals surface area contributed by atoms with Gasteiger partial charge in [0.25, 0.3) is 0 Å². The molecule has 86 valence electrons. The zero-order valence-electron chi connectivity index (χ0n) is 8.03. The Balaban J connectivity index is 2.27. The van der Waals surface area contributed by atoms with Gasteiger partial charge in [-0.2, -0.15) is 0 Å². The van der Waals surface area contributed by atoms with Crippen molar-refractivity contribution in [2.24, 2.45) is 5.16 Å². The Morgan fingerprint density at radius 2 is 2.25 bits per heavy atom. The van der Waals surface area contributed by atoms with Crippen LogP contribution in [0.4, 0.5) is 0 Å². The van der Waals surface area contributed by atoms with Crippen molar-refractivity contribution in [1.82, 2.24) is 0 Å². The molecule has 0 aromatic rings. The van der Waals surface area contributed by atoms with Gasteiger partial charge in [0.05, 0.1) is 0 Å². The number of aliphatic hydroxyl groups is 2. The fourth-order valence-electron chi connectivity index (χ4n) is 1.67. The van der Waals surface area contributed by atoms with Gasteiger partial charge < -0.3 is 20.2 Å². The van der Waals surface area contributed by atoms with Crippen molar-refractivity contribution >= 4 is 17.5 Å². The maximum atomic E-state index is 11.1. The quantitative estimate of drug-likeness (QED) is 0.499. The molecule has 0 aromatic carbocycles. The fraction of sp³-hybridized carbons (Fsp3) is 0.444. The number of carbonyl (C=O) groups is 2. The van der Waals surface area contributed by atoms with E-state index in [4.69, 9.17) is 9.94 Å². The molecule has 0 radical (unpaired) electrons. The predicted octanol–water partition coefficient (Wildman–Crippen LogP) is -1.55. The molecule has 1 spiro atoms. The summed E-state index contributed by atoms with van der Waals surface area (Å²) in [5.41, 5.74) is -1.70. The van der Waals surface area contributed by atoms with Gasteiger partial charge in [0.1, 0.15) is 12.2 Å². The highest BCUT2D eigenvalue weighted by Gasteiger charge is 2.52. The average Bonchev–Trinajstić information content (AvgIpc) is 2.67. The molecule has 2 rings (SSSR count). The molecule has 7 heteroatoms. The van der Waals surface area contributed by atoms with Gasteiger partial charge >= 0.3 is 5.97 Å². The molecule has 3 atom stereocenters. The number of carboxylic acid groups (broad SMARTS) is 1. The molecule has 0 bridgehead atoms. The van der Waals surface area contributed by atoms with Crippen LogP contribution in [-0.2, 0) is 14.4 Å². The lowest BCUT2D eigenvalue weighted by Crippen LogP contribution is -2.53. The van der Waals surface area contributed by atoms with Crippen molar-refractivity contribution in [1.29, 1.82) is 0 Å². The van der Waals surface area contributed by atoms with Gasteiger partial charge in [-0.05, 0) is 12.2 Å². The minimum atomic E-state index is -1.62. The number of carboxylic acids is 1. The summed E-state index contributed by atoms with van der Waals surface area (Å²) in [6.07, 6.45) is -1.05. The van der Waals surface area contributed by atoms with E-state index in [1.54, 1.807) is 0 Å². The summed E-state index contributed by atoms with van der Waals surface area (Å²) in [4.78, 5) is 26.5. The zero-order valence-corrected chi connectivity index (χ0v) is 8.03. The Labute approximate surface area is 89.6 Å². The molecule has 1 aliphatic heterocycles. The number of oxime groups is 1. The third-order valence-electron chi connectivity index (χ3n) is 2.64. The van der Waals surface area contributed by atoms with Gasteiger partial charge in [-0.25, -0.2) is 4.79 Å². The van der Waals surface area contributed by atoms with E-state index in [9.17, 15) is 19.8 Å². The van der Waals surface area contributed by atoms with Crippen LogP contribution < -0.4 is 0 Å². The maximum Gasteiger partial charge on any atom is 0.353 e. The Bertz CT molecular complexity index is 414. The molecule has 7 nitrogen and oxygen atoms in total. The summed E-state index contributed by atoms with van der Waals surface area (Å²) in [6, 6.07) is 0. The summed E-state index contributed by atoms with van der Waals surface area (Å²) in [7, 11) is 0. The normalized spacial score (nSPS) is 37.4. The van der Waals surface area contributed by atoms with Crippen LogP contribution in [0.5, 0.6) is 0 Å². The number of hydrogen-bond donors (Lipinski definition) is 3. The first-order valence-corrected chi connectivity index (χ1v) is 4.54. The second-order valence-electron chi connectivity index (χ2n) is 3.69. The molecular formula is C9H9NO6. The van der Waals surface area contributed by atoms with Crippen LogP contribution >= 0.6 is 0 Å². The smallest absolute Gasteiger partial charge is 0.353 e. The Morgan fingerprint density at radius 3 is 2.81 bits per heavy atom. The van der Waals surface area contributed by atoms with Gasteiger partial charge in [-0.3, -0.25) is 4.79 Å². The van der Waals surface area contributed by atoms with Gasteiger partial charge in [0, 0.05) is 6.42 Å². The number of rotatable bonds is 1. The maximum absolute atomic E-state index is 11.1. The first-order chi connectivity index (χ1) is 7.46. The van der Waals surface area contributed by atoms with Gasteiger partial charge in [-0.15, -0.1) is 0 Å². The predicted molar refractivity (Wildman–Crippen MR) is 49.7 cm³/mol. The Kier molecular flexibility index (Phi) is 2.28. The van der Waals surface area contributed by atoms with Crippen molar-refractivity contribution in [3.8, 4) is 0 Å². The number of aliphatic hydroxyl groups excluding tert-OH is 2. The van der Waals surface area contributed by atoms with Crippen LogP contribution in [0.15, 0.2) is 17.3 Å². The number of nitrogens with zero attached hydrogens (tertiary/aromatic N) is 1. The van der Waals surface area contributed by atoms with E-state index in [0.717, 1.165) is 6.08 Å². The molecule has 2 aliphatic rings. The van der Waals surface area contributed by atoms with Crippen molar-refractivity contribution in [3.63, 3.8) is 0 Å². The van der Waals surface area contributed by atoms with Crippen LogP contribution in [0.1, 0.15) is 6.42 Å². The van der Waals surface area contributed by atoms with Crippen LogP contribution in [0.25, 0.3) is 0 Å². The van der Waals surface area contributed by atoms with Crippen molar-refractivity contribution < 1.29 is 29.7 Å². The summed E-state index contributed by atoms with van der Waals surface area (Å²) in [5, 5.41) is 31.0. The van der Waals surface area contributed by atoms with E-state index in [-0.39, 0.29) is 12.1 Å². The molecule has 0 unspecified atom stereocenters. The van der Waals surface area contributed by atoms with Crippen LogP contribution in [-0.4, -0.2) is 50.6 Å². The Morgan fingerprint density at radius 1 is 1.56 bits per heavy atom. The average molecular weight is 227 g/mol. The second kappa shape index (κ2) is 3.39. The van der Waals surface area contributed by atoms with Gasteiger partial charge in [0.2, 0.25) is 0 Å². The molecule has 0 amide bonds. The third-order valence-corrected chi connectivity index (χ3v) is 2.64. The van der Waals surface area contributed by atoms with Crippen molar-refractivity contribution in [3.05, 3.63) is 12.2 Å². The molecule has 16 heavy (non-hydrogen) atoms. The minimum absolute atomic E-state index is 0.190. The highest BCUT2D eigenvalue weighted by atomic mass is 16.7. The molecular weight excluding hydrogens is 218 g/mol.